The lowest BCUT2D eigenvalue weighted by molar-refractivity contribution is -0.124. The van der Waals surface area contributed by atoms with E-state index >= 15 is 0 Å². The zero-order valence-corrected chi connectivity index (χ0v) is 13.1. The van der Waals surface area contributed by atoms with Crippen molar-refractivity contribution in [3.63, 3.8) is 0 Å². The normalized spacial score (nSPS) is 10.8. The van der Waals surface area contributed by atoms with Crippen LogP contribution in [-0.2, 0) is 19.6 Å². The number of nitriles is 1. The Balaban J connectivity index is 2.76. The maximum absolute atomic E-state index is 12.7. The highest BCUT2D eigenvalue weighted by Crippen LogP contribution is 2.25. The van der Waals surface area contributed by atoms with Crippen LogP contribution in [0, 0.1) is 11.3 Å². The predicted octanol–water partition coefficient (Wildman–Crippen LogP) is 0.891. The second-order valence-corrected chi connectivity index (χ2v) is 6.30. The van der Waals surface area contributed by atoms with Gasteiger partial charge in [-0.3, -0.25) is 9.59 Å². The fourth-order valence-corrected chi connectivity index (χ4v) is 3.28. The van der Waals surface area contributed by atoms with E-state index < -0.39 is 27.7 Å². The summed E-state index contributed by atoms with van der Waals surface area (Å²) in [5, 5.41) is 12.8. The number of imide groups is 1. The molecule has 0 saturated carbocycles. The molecule has 9 heteroatoms. The highest BCUT2D eigenvalue weighted by molar-refractivity contribution is 7.90. The molecule has 2 rings (SSSR count). The van der Waals surface area contributed by atoms with Gasteiger partial charge in [0.25, 0.3) is 10.0 Å². The van der Waals surface area contributed by atoms with Crippen LogP contribution in [0.25, 0.3) is 0 Å². The number of rotatable bonds is 3. The number of benzene rings is 1. The van der Waals surface area contributed by atoms with E-state index in [0.717, 1.165) is 20.0 Å². The summed E-state index contributed by atoms with van der Waals surface area (Å²) in [6.45, 7) is 2.18. The molecule has 2 aromatic rings. The molecule has 0 aliphatic heterocycles. The Morgan fingerprint density at radius 1 is 1.17 bits per heavy atom. The van der Waals surface area contributed by atoms with Crippen molar-refractivity contribution in [1.29, 1.82) is 5.26 Å². The van der Waals surface area contributed by atoms with Crippen LogP contribution < -0.4 is 4.90 Å². The van der Waals surface area contributed by atoms with E-state index in [0.29, 0.717) is 8.99 Å². The van der Waals surface area contributed by atoms with E-state index in [2.05, 4.69) is 5.10 Å². The molecule has 0 radical (unpaired) electrons. The predicted molar refractivity (Wildman–Crippen MR) is 79.8 cm³/mol. The minimum atomic E-state index is -4.16. The molecule has 0 atom stereocenters. The molecule has 0 spiro atoms. The number of hydrogen-bond donors (Lipinski definition) is 0. The van der Waals surface area contributed by atoms with Gasteiger partial charge in [0, 0.05) is 13.8 Å². The maximum Gasteiger partial charge on any atom is 0.284 e. The molecule has 8 nitrogen and oxygen atoms in total. The average molecular weight is 332 g/mol. The van der Waals surface area contributed by atoms with Crippen molar-refractivity contribution in [2.75, 3.05) is 4.90 Å². The second kappa shape index (κ2) is 6.02. The quantitative estimate of drug-likeness (QED) is 0.825. The van der Waals surface area contributed by atoms with Gasteiger partial charge >= 0.3 is 0 Å². The molecule has 0 aliphatic carbocycles. The van der Waals surface area contributed by atoms with Crippen molar-refractivity contribution >= 4 is 27.7 Å². The lowest BCUT2D eigenvalue weighted by Gasteiger charge is -2.18. The SMILES string of the molecule is CC(=O)N(C(C)=O)c1c(C#N)cnn1S(=O)(=O)c1ccccc1. The Morgan fingerprint density at radius 3 is 2.22 bits per heavy atom. The highest BCUT2D eigenvalue weighted by Gasteiger charge is 2.31. The van der Waals surface area contributed by atoms with Crippen molar-refractivity contribution in [3.8, 4) is 6.07 Å². The Morgan fingerprint density at radius 2 is 1.74 bits per heavy atom. The summed E-state index contributed by atoms with van der Waals surface area (Å²) >= 11 is 0. The maximum atomic E-state index is 12.7. The van der Waals surface area contributed by atoms with Crippen LogP contribution in [-0.4, -0.2) is 29.4 Å². The van der Waals surface area contributed by atoms with E-state index in [1.54, 1.807) is 12.1 Å². The standard InChI is InChI=1S/C14H12N4O4S/c1-10(19)17(11(2)20)14-12(8-15)9-16-18(14)23(21,22)13-6-4-3-5-7-13/h3-7,9H,1-2H3. The van der Waals surface area contributed by atoms with Gasteiger partial charge in [0.05, 0.1) is 11.1 Å². The van der Waals surface area contributed by atoms with Gasteiger partial charge in [-0.2, -0.15) is 18.8 Å². The Kier molecular flexibility index (Phi) is 4.29. The van der Waals surface area contributed by atoms with Crippen LogP contribution in [0.1, 0.15) is 19.4 Å². The topological polar surface area (TPSA) is 113 Å². The number of carbonyl (C=O) groups excluding carboxylic acids is 2. The van der Waals surface area contributed by atoms with Crippen LogP contribution in [0.3, 0.4) is 0 Å². The van der Waals surface area contributed by atoms with Gasteiger partial charge < -0.3 is 0 Å². The molecule has 0 saturated heterocycles. The molecule has 0 bridgehead atoms. The number of nitrogens with zero attached hydrogens (tertiary/aromatic N) is 4. The van der Waals surface area contributed by atoms with Gasteiger partial charge in [0.2, 0.25) is 11.8 Å². The first kappa shape index (κ1) is 16.4. The number of anilines is 1. The molecule has 1 heterocycles. The Hall–Kier alpha value is -2.99. The number of hydrogen-bond acceptors (Lipinski definition) is 6. The third kappa shape index (κ3) is 2.84. The van der Waals surface area contributed by atoms with Crippen molar-refractivity contribution in [3.05, 3.63) is 42.1 Å². The zero-order chi connectivity index (χ0) is 17.2. The van der Waals surface area contributed by atoms with Gasteiger partial charge in [-0.15, -0.1) is 4.09 Å². The molecule has 2 amide bonds. The molecule has 0 N–H and O–H groups in total. The molecular weight excluding hydrogens is 320 g/mol. The van der Waals surface area contributed by atoms with Gasteiger partial charge in [-0.25, -0.2) is 4.90 Å². The smallest absolute Gasteiger partial charge is 0.274 e. The van der Waals surface area contributed by atoms with E-state index in [1.807, 2.05) is 0 Å². The summed E-state index contributed by atoms with van der Waals surface area (Å²) < 4.78 is 25.9. The molecule has 1 aromatic carbocycles. The lowest BCUT2D eigenvalue weighted by atomic mass is 10.3. The summed E-state index contributed by atoms with van der Waals surface area (Å²) in [4.78, 5) is 24.0. The summed E-state index contributed by atoms with van der Waals surface area (Å²) in [5.74, 6) is -1.84. The van der Waals surface area contributed by atoms with E-state index in [1.165, 1.54) is 24.3 Å². The van der Waals surface area contributed by atoms with Crippen molar-refractivity contribution in [1.82, 2.24) is 9.19 Å². The molecule has 23 heavy (non-hydrogen) atoms. The number of aromatic nitrogens is 2. The van der Waals surface area contributed by atoms with Crippen LogP contribution in [0.5, 0.6) is 0 Å². The fourth-order valence-electron chi connectivity index (χ4n) is 2.00. The van der Waals surface area contributed by atoms with Crippen molar-refractivity contribution in [2.24, 2.45) is 0 Å². The third-order valence-corrected chi connectivity index (χ3v) is 4.54. The number of carbonyl (C=O) groups is 2. The highest BCUT2D eigenvalue weighted by atomic mass is 32.2. The van der Waals surface area contributed by atoms with Crippen LogP contribution >= 0.6 is 0 Å². The molecule has 0 fully saturated rings. The van der Waals surface area contributed by atoms with Crippen LogP contribution in [0.15, 0.2) is 41.4 Å². The first-order valence-electron chi connectivity index (χ1n) is 6.40. The summed E-state index contributed by atoms with van der Waals surface area (Å²) in [6, 6.07) is 9.11. The van der Waals surface area contributed by atoms with Crippen molar-refractivity contribution in [2.45, 2.75) is 18.7 Å². The first-order chi connectivity index (χ1) is 10.8. The fraction of sp³-hybridized carbons (Fsp3) is 0.143. The van der Waals surface area contributed by atoms with Gasteiger partial charge in [0.1, 0.15) is 11.6 Å². The van der Waals surface area contributed by atoms with Crippen LogP contribution in [0.2, 0.25) is 0 Å². The zero-order valence-electron chi connectivity index (χ0n) is 12.3. The van der Waals surface area contributed by atoms with Crippen molar-refractivity contribution < 1.29 is 18.0 Å². The summed E-state index contributed by atoms with van der Waals surface area (Å²) in [7, 11) is -4.16. The molecule has 118 valence electrons. The first-order valence-corrected chi connectivity index (χ1v) is 7.84. The van der Waals surface area contributed by atoms with Gasteiger partial charge in [-0.05, 0) is 12.1 Å². The number of amides is 2. The van der Waals surface area contributed by atoms with E-state index in [4.69, 9.17) is 5.26 Å². The van der Waals surface area contributed by atoms with Crippen LogP contribution in [0.4, 0.5) is 5.82 Å². The minimum Gasteiger partial charge on any atom is -0.274 e. The van der Waals surface area contributed by atoms with Gasteiger partial charge in [-0.1, -0.05) is 18.2 Å². The minimum absolute atomic E-state index is 0.0825. The molecule has 1 aromatic heterocycles. The third-order valence-electron chi connectivity index (χ3n) is 2.94. The van der Waals surface area contributed by atoms with Gasteiger partial charge in [0.15, 0.2) is 5.82 Å². The largest absolute Gasteiger partial charge is 0.284 e. The second-order valence-electron chi connectivity index (χ2n) is 4.53. The van der Waals surface area contributed by atoms with E-state index in [9.17, 15) is 18.0 Å². The average Bonchev–Trinajstić information content (AvgIpc) is 2.91. The summed E-state index contributed by atoms with van der Waals surface area (Å²) in [5.41, 5.74) is -0.199. The molecular formula is C14H12N4O4S. The molecule has 0 aliphatic rings. The lowest BCUT2D eigenvalue weighted by Crippen LogP contribution is -2.36. The Labute approximate surface area is 132 Å². The molecule has 0 unspecified atom stereocenters. The van der Waals surface area contributed by atoms with E-state index in [-0.39, 0.29) is 10.5 Å². The monoisotopic (exact) mass is 332 g/mol. The Bertz CT molecular complexity index is 896. The summed E-state index contributed by atoms with van der Waals surface area (Å²) in [6.07, 6.45) is 0.995.